The lowest BCUT2D eigenvalue weighted by Gasteiger charge is -2.15. The molecule has 0 spiro atoms. The van der Waals surface area contributed by atoms with E-state index in [-0.39, 0.29) is 23.7 Å². The lowest BCUT2D eigenvalue weighted by atomic mass is 10.0. The Balaban J connectivity index is 1.94. The predicted octanol–water partition coefficient (Wildman–Crippen LogP) is 3.92. The van der Waals surface area contributed by atoms with Crippen LogP contribution in [0.5, 0.6) is 0 Å². The Morgan fingerprint density at radius 1 is 1.15 bits per heavy atom. The van der Waals surface area contributed by atoms with Crippen LogP contribution in [0.25, 0.3) is 10.9 Å². The number of fused-ring (bicyclic) bond motifs is 1. The van der Waals surface area contributed by atoms with Gasteiger partial charge in [0, 0.05) is 18.0 Å². The van der Waals surface area contributed by atoms with Gasteiger partial charge in [-0.25, -0.2) is 12.4 Å². The molecule has 2 unspecified atom stereocenters. The normalized spacial score (nSPS) is 13.4. The van der Waals surface area contributed by atoms with Crippen molar-refractivity contribution in [3.8, 4) is 6.07 Å². The van der Waals surface area contributed by atoms with Crippen molar-refractivity contribution in [1.82, 2.24) is 9.29 Å². The molecule has 1 heterocycles. The van der Waals surface area contributed by atoms with Gasteiger partial charge < -0.3 is 5.32 Å². The fourth-order valence-electron chi connectivity index (χ4n) is 3.66. The maximum atomic E-state index is 13.3. The fraction of sp³-hybridized carbons (Fsp3) is 0.333. The van der Waals surface area contributed by atoms with Crippen LogP contribution in [-0.2, 0) is 21.2 Å². The van der Waals surface area contributed by atoms with Gasteiger partial charge in [0.05, 0.1) is 16.5 Å². The molecule has 3 rings (SSSR count). The predicted molar refractivity (Wildman–Crippen MR) is 126 cm³/mol. The summed E-state index contributed by atoms with van der Waals surface area (Å²) in [6.07, 6.45) is 1.84. The lowest BCUT2D eigenvalue weighted by Crippen LogP contribution is -2.41. The third-order valence-electron chi connectivity index (χ3n) is 5.36. The molecule has 3 aromatic rings. The van der Waals surface area contributed by atoms with Gasteiger partial charge in [0.1, 0.15) is 6.04 Å². The highest BCUT2D eigenvalue weighted by molar-refractivity contribution is 7.90. The van der Waals surface area contributed by atoms with Crippen molar-refractivity contribution < 1.29 is 13.2 Å². The van der Waals surface area contributed by atoms with Crippen LogP contribution in [0.3, 0.4) is 0 Å². The maximum absolute atomic E-state index is 13.3. The Kier molecular flexibility index (Phi) is 7.29. The number of benzene rings is 2. The molecule has 0 aliphatic carbocycles. The Labute approximate surface area is 193 Å². The SMILES string of the molecule is Cc1ccc(S(=O)(=O)n2cc(CC(C#N)NC(=O)C(CC(C)C)N=O)c3ccccc32)cc1. The molecule has 2 atom stereocenters. The molecule has 0 saturated carbocycles. The number of nitroso groups, excluding NO2 is 1. The lowest BCUT2D eigenvalue weighted by molar-refractivity contribution is -0.123. The molecule has 0 aliphatic heterocycles. The standard InChI is InChI=1S/C24H26N4O4S/c1-16(2)12-22(27-30)24(29)26-19(14-25)13-18-15-28(23-7-5-4-6-21(18)23)33(31,32)20-10-8-17(3)9-11-20/h4-11,15-16,19,22H,12-13H2,1-3H3,(H,26,29). The third kappa shape index (κ3) is 5.29. The van der Waals surface area contributed by atoms with E-state index in [1.54, 1.807) is 48.5 Å². The molecule has 0 bridgehead atoms. The van der Waals surface area contributed by atoms with E-state index in [0.717, 1.165) is 5.56 Å². The summed E-state index contributed by atoms with van der Waals surface area (Å²) < 4.78 is 27.8. The van der Waals surface area contributed by atoms with E-state index in [0.29, 0.717) is 16.5 Å². The summed E-state index contributed by atoms with van der Waals surface area (Å²) in [5.41, 5.74) is 2.01. The fourth-order valence-corrected chi connectivity index (χ4v) is 5.06. The van der Waals surface area contributed by atoms with Gasteiger partial charge >= 0.3 is 0 Å². The van der Waals surface area contributed by atoms with Crippen molar-refractivity contribution in [1.29, 1.82) is 5.26 Å². The summed E-state index contributed by atoms with van der Waals surface area (Å²) in [6.45, 7) is 5.62. The molecule has 0 radical (unpaired) electrons. The molecule has 1 N–H and O–H groups in total. The molecular formula is C24H26N4O4S. The van der Waals surface area contributed by atoms with Gasteiger partial charge in [0.25, 0.3) is 10.0 Å². The second-order valence-corrected chi connectivity index (χ2v) is 10.2. The third-order valence-corrected chi connectivity index (χ3v) is 7.05. The Bertz CT molecular complexity index is 1300. The number of nitriles is 1. The summed E-state index contributed by atoms with van der Waals surface area (Å²) in [7, 11) is -3.87. The highest BCUT2D eigenvalue weighted by atomic mass is 32.2. The molecular weight excluding hydrogens is 440 g/mol. The number of aryl methyl sites for hydroxylation is 1. The monoisotopic (exact) mass is 466 g/mol. The first-order chi connectivity index (χ1) is 15.7. The second-order valence-electron chi connectivity index (χ2n) is 8.43. The average Bonchev–Trinajstić information content (AvgIpc) is 3.16. The largest absolute Gasteiger partial charge is 0.338 e. The van der Waals surface area contributed by atoms with Crippen molar-refractivity contribution in [2.24, 2.45) is 11.1 Å². The van der Waals surface area contributed by atoms with E-state index >= 15 is 0 Å². The van der Waals surface area contributed by atoms with Crippen LogP contribution < -0.4 is 5.32 Å². The zero-order valence-corrected chi connectivity index (χ0v) is 19.5. The first kappa shape index (κ1) is 24.1. The van der Waals surface area contributed by atoms with E-state index in [2.05, 4.69) is 10.5 Å². The summed E-state index contributed by atoms with van der Waals surface area (Å²) in [6, 6.07) is 13.6. The zero-order chi connectivity index (χ0) is 24.2. The van der Waals surface area contributed by atoms with E-state index < -0.39 is 28.0 Å². The summed E-state index contributed by atoms with van der Waals surface area (Å²) >= 11 is 0. The van der Waals surface area contributed by atoms with Crippen LogP contribution in [0.2, 0.25) is 0 Å². The van der Waals surface area contributed by atoms with Gasteiger partial charge in [-0.1, -0.05) is 54.9 Å². The van der Waals surface area contributed by atoms with E-state index in [9.17, 15) is 23.4 Å². The number of amides is 1. The zero-order valence-electron chi connectivity index (χ0n) is 18.7. The minimum Gasteiger partial charge on any atom is -0.338 e. The van der Waals surface area contributed by atoms with Crippen LogP contribution in [0.4, 0.5) is 0 Å². The Hall–Kier alpha value is -3.51. The number of carbonyl (C=O) groups is 1. The summed E-state index contributed by atoms with van der Waals surface area (Å²) in [4.78, 5) is 23.7. The first-order valence-electron chi connectivity index (χ1n) is 10.6. The number of carbonyl (C=O) groups excluding carboxylic acids is 1. The molecule has 1 amide bonds. The van der Waals surface area contributed by atoms with Gasteiger partial charge in [-0.2, -0.15) is 5.26 Å². The topological polar surface area (TPSA) is 121 Å². The van der Waals surface area contributed by atoms with Gasteiger partial charge in [-0.3, -0.25) is 4.79 Å². The summed E-state index contributed by atoms with van der Waals surface area (Å²) in [5, 5.41) is 15.7. The van der Waals surface area contributed by atoms with Crippen LogP contribution in [0.15, 0.2) is 64.8 Å². The number of hydrogen-bond acceptors (Lipinski definition) is 6. The summed E-state index contributed by atoms with van der Waals surface area (Å²) in [5.74, 6) is -0.523. The van der Waals surface area contributed by atoms with Crippen molar-refractivity contribution in [3.63, 3.8) is 0 Å². The highest BCUT2D eigenvalue weighted by Gasteiger charge is 2.26. The van der Waals surface area contributed by atoms with Crippen LogP contribution >= 0.6 is 0 Å². The molecule has 1 aromatic heterocycles. The van der Waals surface area contributed by atoms with Crippen LogP contribution in [0.1, 0.15) is 31.4 Å². The molecule has 0 saturated heterocycles. The highest BCUT2D eigenvalue weighted by Crippen LogP contribution is 2.27. The molecule has 33 heavy (non-hydrogen) atoms. The second kappa shape index (κ2) is 9.96. The molecule has 172 valence electrons. The van der Waals surface area contributed by atoms with E-state index in [4.69, 9.17) is 0 Å². The molecule has 8 nitrogen and oxygen atoms in total. The van der Waals surface area contributed by atoms with E-state index in [1.165, 1.54) is 10.2 Å². The molecule has 0 aliphatic rings. The van der Waals surface area contributed by atoms with E-state index in [1.807, 2.05) is 26.8 Å². The number of nitrogens with one attached hydrogen (secondary N) is 1. The van der Waals surface area contributed by atoms with Gasteiger partial charge in [0.15, 0.2) is 6.04 Å². The Morgan fingerprint density at radius 2 is 1.82 bits per heavy atom. The number of para-hydroxylation sites is 1. The molecule has 9 heteroatoms. The average molecular weight is 467 g/mol. The Morgan fingerprint density at radius 3 is 2.42 bits per heavy atom. The molecule has 2 aromatic carbocycles. The van der Waals surface area contributed by atoms with Crippen molar-refractivity contribution in [3.05, 3.63) is 70.8 Å². The van der Waals surface area contributed by atoms with Crippen LogP contribution in [0, 0.1) is 29.1 Å². The van der Waals surface area contributed by atoms with Crippen molar-refractivity contribution in [2.45, 2.75) is 50.6 Å². The number of nitrogens with zero attached hydrogens (tertiary/aromatic N) is 3. The minimum absolute atomic E-state index is 0.0758. The quantitative estimate of drug-likeness (QED) is 0.479. The number of aromatic nitrogens is 1. The van der Waals surface area contributed by atoms with Gasteiger partial charge in [-0.15, -0.1) is 4.91 Å². The smallest absolute Gasteiger partial charge is 0.268 e. The van der Waals surface area contributed by atoms with Crippen molar-refractivity contribution >= 4 is 26.8 Å². The number of rotatable bonds is 9. The first-order valence-corrected chi connectivity index (χ1v) is 12.0. The van der Waals surface area contributed by atoms with Gasteiger partial charge in [-0.05, 0) is 43.0 Å². The maximum Gasteiger partial charge on any atom is 0.268 e. The minimum atomic E-state index is -3.87. The molecule has 0 fully saturated rings. The van der Waals surface area contributed by atoms with Crippen molar-refractivity contribution in [2.75, 3.05) is 0 Å². The van der Waals surface area contributed by atoms with Gasteiger partial charge in [0.2, 0.25) is 5.91 Å². The van der Waals surface area contributed by atoms with Crippen LogP contribution in [-0.4, -0.2) is 30.4 Å². The number of hydrogen-bond donors (Lipinski definition) is 1.